The van der Waals surface area contributed by atoms with Crippen LogP contribution in [0.25, 0.3) is 0 Å². The molecule has 0 saturated carbocycles. The SMILES string of the molecule is O=C(O)c1cccc(C[C@@H](Br)C(=O)O)c1. The highest BCUT2D eigenvalue weighted by Crippen LogP contribution is 2.12. The summed E-state index contributed by atoms with van der Waals surface area (Å²) >= 11 is 2.99. The minimum absolute atomic E-state index is 0.164. The van der Waals surface area contributed by atoms with Crippen molar-refractivity contribution in [1.82, 2.24) is 0 Å². The van der Waals surface area contributed by atoms with E-state index in [1.54, 1.807) is 12.1 Å². The molecular weight excluding hydrogens is 264 g/mol. The summed E-state index contributed by atoms with van der Waals surface area (Å²) in [5.41, 5.74) is 0.844. The normalized spacial score (nSPS) is 12.1. The highest BCUT2D eigenvalue weighted by Gasteiger charge is 2.14. The average Bonchev–Trinajstić information content (AvgIpc) is 2.18. The summed E-state index contributed by atoms with van der Waals surface area (Å²) < 4.78 is 0. The summed E-state index contributed by atoms with van der Waals surface area (Å²) in [6.45, 7) is 0. The van der Waals surface area contributed by atoms with Gasteiger partial charge in [0.1, 0.15) is 4.83 Å². The van der Waals surface area contributed by atoms with Crippen LogP contribution in [0.15, 0.2) is 24.3 Å². The maximum atomic E-state index is 10.6. The molecular formula is C10H9BrO4. The number of aliphatic carboxylic acids is 1. The highest BCUT2D eigenvalue weighted by atomic mass is 79.9. The van der Waals surface area contributed by atoms with E-state index < -0.39 is 16.8 Å². The van der Waals surface area contributed by atoms with Gasteiger partial charge in [0.15, 0.2) is 0 Å². The van der Waals surface area contributed by atoms with Gasteiger partial charge in [0.25, 0.3) is 0 Å². The van der Waals surface area contributed by atoms with Gasteiger partial charge in [0.05, 0.1) is 5.56 Å². The third-order valence-corrected chi connectivity index (χ3v) is 2.57. The minimum Gasteiger partial charge on any atom is -0.480 e. The number of benzene rings is 1. The Hall–Kier alpha value is -1.36. The van der Waals surface area contributed by atoms with Crippen molar-refractivity contribution >= 4 is 27.9 Å². The fraction of sp³-hybridized carbons (Fsp3) is 0.200. The summed E-state index contributed by atoms with van der Waals surface area (Å²) in [5, 5.41) is 17.4. The number of aromatic carboxylic acids is 1. The van der Waals surface area contributed by atoms with Gasteiger partial charge in [-0.15, -0.1) is 0 Å². The lowest BCUT2D eigenvalue weighted by Gasteiger charge is -2.05. The second-order valence-electron chi connectivity index (χ2n) is 3.02. The van der Waals surface area contributed by atoms with Crippen molar-refractivity contribution in [3.63, 3.8) is 0 Å². The molecule has 0 spiro atoms. The molecule has 1 aromatic carbocycles. The fourth-order valence-corrected chi connectivity index (χ4v) is 1.50. The molecule has 15 heavy (non-hydrogen) atoms. The molecule has 0 aromatic heterocycles. The molecule has 0 fully saturated rings. The molecule has 4 nitrogen and oxygen atoms in total. The summed E-state index contributed by atoms with van der Waals surface area (Å²) in [7, 11) is 0. The molecule has 1 aromatic rings. The molecule has 0 bridgehead atoms. The molecule has 0 aliphatic carbocycles. The number of alkyl halides is 1. The largest absolute Gasteiger partial charge is 0.480 e. The summed E-state index contributed by atoms with van der Waals surface area (Å²) in [4.78, 5) is 20.5. The lowest BCUT2D eigenvalue weighted by atomic mass is 10.1. The summed E-state index contributed by atoms with van der Waals surface area (Å²) in [6.07, 6.45) is 0.260. The Morgan fingerprint density at radius 1 is 1.33 bits per heavy atom. The Balaban J connectivity index is 2.82. The molecule has 0 aliphatic heterocycles. The van der Waals surface area contributed by atoms with Crippen molar-refractivity contribution in [3.8, 4) is 0 Å². The average molecular weight is 273 g/mol. The van der Waals surface area contributed by atoms with Crippen molar-refractivity contribution < 1.29 is 19.8 Å². The van der Waals surface area contributed by atoms with Gasteiger partial charge in [-0.25, -0.2) is 4.79 Å². The first-order chi connectivity index (χ1) is 7.00. The van der Waals surface area contributed by atoms with Gasteiger partial charge in [-0.3, -0.25) is 4.79 Å². The van der Waals surface area contributed by atoms with Gasteiger partial charge in [0, 0.05) is 0 Å². The Labute approximate surface area is 94.7 Å². The Morgan fingerprint density at radius 3 is 2.53 bits per heavy atom. The second-order valence-corrected chi connectivity index (χ2v) is 4.12. The van der Waals surface area contributed by atoms with E-state index in [0.717, 1.165) is 0 Å². The molecule has 2 N–H and O–H groups in total. The fourth-order valence-electron chi connectivity index (χ4n) is 1.13. The van der Waals surface area contributed by atoms with Crippen LogP contribution in [0.5, 0.6) is 0 Å². The number of carboxylic acid groups (broad SMARTS) is 2. The molecule has 0 unspecified atom stereocenters. The zero-order valence-electron chi connectivity index (χ0n) is 7.68. The van der Waals surface area contributed by atoms with Gasteiger partial charge in [-0.2, -0.15) is 0 Å². The summed E-state index contributed by atoms with van der Waals surface area (Å²) in [5.74, 6) is -1.98. The van der Waals surface area contributed by atoms with Crippen molar-refractivity contribution in [1.29, 1.82) is 0 Å². The van der Waals surface area contributed by atoms with Gasteiger partial charge in [-0.05, 0) is 24.1 Å². The first kappa shape index (κ1) is 11.7. The van der Waals surface area contributed by atoms with Crippen LogP contribution in [-0.2, 0) is 11.2 Å². The molecule has 80 valence electrons. The minimum atomic E-state index is -1.02. The van der Waals surface area contributed by atoms with E-state index in [9.17, 15) is 9.59 Å². The number of hydrogen-bond donors (Lipinski definition) is 2. The number of carboxylic acids is 2. The standard InChI is InChI=1S/C10H9BrO4/c11-8(10(14)15)5-6-2-1-3-7(4-6)9(12)13/h1-4,8H,5H2,(H,12,13)(H,14,15)/t8-/m1/s1. The van der Waals surface area contributed by atoms with Crippen LogP contribution in [0.2, 0.25) is 0 Å². The third-order valence-electron chi connectivity index (χ3n) is 1.86. The van der Waals surface area contributed by atoms with Crippen molar-refractivity contribution in [3.05, 3.63) is 35.4 Å². The van der Waals surface area contributed by atoms with E-state index in [4.69, 9.17) is 10.2 Å². The van der Waals surface area contributed by atoms with Crippen LogP contribution in [-0.4, -0.2) is 27.0 Å². The predicted molar refractivity (Wildman–Crippen MR) is 57.5 cm³/mol. The maximum Gasteiger partial charge on any atom is 0.335 e. The van der Waals surface area contributed by atoms with Crippen LogP contribution in [0.3, 0.4) is 0 Å². The van der Waals surface area contributed by atoms with Gasteiger partial charge < -0.3 is 10.2 Å². The molecule has 0 radical (unpaired) electrons. The van der Waals surface area contributed by atoms with Crippen LogP contribution in [0.4, 0.5) is 0 Å². The van der Waals surface area contributed by atoms with E-state index in [-0.39, 0.29) is 12.0 Å². The molecule has 1 rings (SSSR count). The van der Waals surface area contributed by atoms with Crippen molar-refractivity contribution in [2.45, 2.75) is 11.2 Å². The number of halogens is 1. The molecule has 1 atom stereocenters. The molecule has 0 saturated heterocycles. The quantitative estimate of drug-likeness (QED) is 0.820. The zero-order chi connectivity index (χ0) is 11.4. The van der Waals surface area contributed by atoms with Crippen LogP contribution in [0, 0.1) is 0 Å². The van der Waals surface area contributed by atoms with Gasteiger partial charge in [0.2, 0.25) is 0 Å². The van der Waals surface area contributed by atoms with Crippen LogP contribution >= 0.6 is 15.9 Å². The van der Waals surface area contributed by atoms with Crippen molar-refractivity contribution in [2.75, 3.05) is 0 Å². The van der Waals surface area contributed by atoms with Gasteiger partial charge >= 0.3 is 11.9 Å². The van der Waals surface area contributed by atoms with Gasteiger partial charge in [-0.1, -0.05) is 28.1 Å². The highest BCUT2D eigenvalue weighted by molar-refractivity contribution is 9.10. The van der Waals surface area contributed by atoms with Crippen LogP contribution in [0.1, 0.15) is 15.9 Å². The molecule has 0 amide bonds. The van der Waals surface area contributed by atoms with Crippen LogP contribution < -0.4 is 0 Å². The number of carbonyl (C=O) groups is 2. The number of rotatable bonds is 4. The zero-order valence-corrected chi connectivity index (χ0v) is 9.27. The van der Waals surface area contributed by atoms with Crippen molar-refractivity contribution in [2.24, 2.45) is 0 Å². The first-order valence-corrected chi connectivity index (χ1v) is 5.11. The third kappa shape index (κ3) is 3.36. The van der Waals surface area contributed by atoms with E-state index in [2.05, 4.69) is 15.9 Å². The topological polar surface area (TPSA) is 74.6 Å². The van der Waals surface area contributed by atoms with E-state index in [1.165, 1.54) is 12.1 Å². The molecule has 0 heterocycles. The Morgan fingerprint density at radius 2 is 2.00 bits per heavy atom. The molecule has 5 heteroatoms. The Bertz CT molecular complexity index is 389. The number of hydrogen-bond acceptors (Lipinski definition) is 2. The summed E-state index contributed by atoms with van der Waals surface area (Å²) in [6, 6.07) is 6.24. The smallest absolute Gasteiger partial charge is 0.335 e. The monoisotopic (exact) mass is 272 g/mol. The second kappa shape index (κ2) is 4.93. The predicted octanol–water partition coefficient (Wildman–Crippen LogP) is 1.78. The van der Waals surface area contributed by atoms with E-state index in [0.29, 0.717) is 5.56 Å². The Kier molecular flexibility index (Phi) is 3.85. The first-order valence-electron chi connectivity index (χ1n) is 4.20. The lowest BCUT2D eigenvalue weighted by Crippen LogP contribution is -2.15. The van der Waals surface area contributed by atoms with E-state index >= 15 is 0 Å². The lowest BCUT2D eigenvalue weighted by molar-refractivity contribution is -0.136. The van der Waals surface area contributed by atoms with E-state index in [1.807, 2.05) is 0 Å². The molecule has 0 aliphatic rings. The maximum absolute atomic E-state index is 10.6.